The Hall–Kier alpha value is -2.35. The maximum Gasteiger partial charge on any atom is 0.193 e. The van der Waals surface area contributed by atoms with Crippen molar-refractivity contribution in [2.45, 2.75) is 18.9 Å². The molecule has 0 aliphatic carbocycles. The van der Waals surface area contributed by atoms with Gasteiger partial charge in [0.15, 0.2) is 5.96 Å². The largest absolute Gasteiger partial charge is 0.352 e. The summed E-state index contributed by atoms with van der Waals surface area (Å²) < 4.78 is 2.04. The first-order chi connectivity index (χ1) is 13.3. The van der Waals surface area contributed by atoms with Crippen molar-refractivity contribution in [3.8, 4) is 5.69 Å². The van der Waals surface area contributed by atoms with E-state index < -0.39 is 0 Å². The average molecular weight is 487 g/mol. The number of nitrogens with one attached hydrogen (secondary N) is 1. The Labute approximate surface area is 183 Å². The van der Waals surface area contributed by atoms with Gasteiger partial charge in [0.1, 0.15) is 0 Å². The summed E-state index contributed by atoms with van der Waals surface area (Å²) in [5.41, 5.74) is 3.78. The van der Waals surface area contributed by atoms with Crippen LogP contribution in [0.1, 0.15) is 23.5 Å². The standard InChI is InChI=1S/C22H25N5.HI/c1-23-22(26-13-11-20(16-26)18-7-3-2-4-8-18)25-15-19-9-5-6-10-21(19)27-14-12-24-17-27;/h2-10,12,14,17,20H,11,13,15-16H2,1H3,(H,23,25);1H. The van der Waals surface area contributed by atoms with Crippen LogP contribution in [0.25, 0.3) is 5.69 Å². The van der Waals surface area contributed by atoms with Gasteiger partial charge in [0, 0.05) is 45.0 Å². The highest BCUT2D eigenvalue weighted by Crippen LogP contribution is 2.27. The number of rotatable bonds is 4. The molecule has 0 bridgehead atoms. The second-order valence-electron chi connectivity index (χ2n) is 6.84. The van der Waals surface area contributed by atoms with Crippen molar-refractivity contribution in [2.75, 3.05) is 20.1 Å². The SMILES string of the molecule is CN=C(NCc1ccccc1-n1ccnc1)N1CCC(c2ccccc2)C1.I. The molecule has 0 radical (unpaired) electrons. The van der Waals surface area contributed by atoms with E-state index in [0.717, 1.165) is 37.7 Å². The van der Waals surface area contributed by atoms with Crippen LogP contribution in [0.3, 0.4) is 0 Å². The van der Waals surface area contributed by atoms with Crippen molar-refractivity contribution >= 4 is 29.9 Å². The van der Waals surface area contributed by atoms with Crippen molar-refractivity contribution in [3.05, 3.63) is 84.4 Å². The molecule has 1 atom stereocenters. The third-order valence-electron chi connectivity index (χ3n) is 5.18. The number of aromatic nitrogens is 2. The smallest absolute Gasteiger partial charge is 0.193 e. The van der Waals surface area contributed by atoms with Gasteiger partial charge in [-0.25, -0.2) is 4.98 Å². The minimum Gasteiger partial charge on any atom is -0.352 e. The lowest BCUT2D eigenvalue weighted by atomic mass is 9.99. The lowest BCUT2D eigenvalue weighted by Crippen LogP contribution is -2.39. The molecule has 1 fully saturated rings. The molecule has 1 saturated heterocycles. The first kappa shape index (κ1) is 20.4. The van der Waals surface area contributed by atoms with E-state index in [4.69, 9.17) is 0 Å². The highest BCUT2D eigenvalue weighted by molar-refractivity contribution is 14.0. The average Bonchev–Trinajstić information content (AvgIpc) is 3.42. The van der Waals surface area contributed by atoms with Gasteiger partial charge in [0.2, 0.25) is 0 Å². The molecular weight excluding hydrogens is 461 g/mol. The zero-order chi connectivity index (χ0) is 18.5. The van der Waals surface area contributed by atoms with Gasteiger partial charge >= 0.3 is 0 Å². The Morgan fingerprint density at radius 1 is 1.14 bits per heavy atom. The second kappa shape index (κ2) is 9.73. The summed E-state index contributed by atoms with van der Waals surface area (Å²) in [6, 6.07) is 19.2. The minimum absolute atomic E-state index is 0. The molecule has 0 saturated carbocycles. The molecular formula is C22H26IN5. The molecule has 1 aliphatic heterocycles. The summed E-state index contributed by atoms with van der Waals surface area (Å²) in [5.74, 6) is 1.54. The lowest BCUT2D eigenvalue weighted by molar-refractivity contribution is 0.486. The van der Waals surface area contributed by atoms with Crippen LogP contribution in [-0.2, 0) is 6.54 Å². The van der Waals surface area contributed by atoms with E-state index >= 15 is 0 Å². The topological polar surface area (TPSA) is 45.5 Å². The number of halogens is 1. The fraction of sp³-hybridized carbons (Fsp3) is 0.273. The van der Waals surface area contributed by atoms with Crippen LogP contribution in [-0.4, -0.2) is 40.5 Å². The van der Waals surface area contributed by atoms with Crippen molar-refractivity contribution in [1.82, 2.24) is 19.8 Å². The molecule has 2 heterocycles. The molecule has 2 aromatic carbocycles. The van der Waals surface area contributed by atoms with Crippen LogP contribution in [0.5, 0.6) is 0 Å². The van der Waals surface area contributed by atoms with Crippen LogP contribution < -0.4 is 5.32 Å². The number of nitrogens with zero attached hydrogens (tertiary/aromatic N) is 4. The molecule has 28 heavy (non-hydrogen) atoms. The molecule has 3 aromatic rings. The molecule has 1 aromatic heterocycles. The molecule has 1 N–H and O–H groups in total. The van der Waals surface area contributed by atoms with Gasteiger partial charge in [-0.15, -0.1) is 24.0 Å². The van der Waals surface area contributed by atoms with Crippen LogP contribution in [0.15, 0.2) is 78.3 Å². The normalized spacial score (nSPS) is 16.7. The van der Waals surface area contributed by atoms with E-state index in [2.05, 4.69) is 74.8 Å². The van der Waals surface area contributed by atoms with E-state index in [0.29, 0.717) is 5.92 Å². The highest BCUT2D eigenvalue weighted by atomic mass is 127. The van der Waals surface area contributed by atoms with E-state index in [1.807, 2.05) is 24.1 Å². The number of para-hydroxylation sites is 1. The fourth-order valence-corrected chi connectivity index (χ4v) is 3.77. The number of aliphatic imine (C=N–C) groups is 1. The molecule has 146 valence electrons. The van der Waals surface area contributed by atoms with Crippen molar-refractivity contribution in [2.24, 2.45) is 4.99 Å². The van der Waals surface area contributed by atoms with Crippen LogP contribution in [0.2, 0.25) is 0 Å². The van der Waals surface area contributed by atoms with E-state index in [-0.39, 0.29) is 24.0 Å². The van der Waals surface area contributed by atoms with Gasteiger partial charge in [-0.1, -0.05) is 48.5 Å². The molecule has 4 rings (SSSR count). The van der Waals surface area contributed by atoms with E-state index in [1.165, 1.54) is 11.1 Å². The summed E-state index contributed by atoms with van der Waals surface area (Å²) in [4.78, 5) is 11.0. The Bertz CT molecular complexity index is 892. The van der Waals surface area contributed by atoms with Crippen LogP contribution in [0.4, 0.5) is 0 Å². The highest BCUT2D eigenvalue weighted by Gasteiger charge is 2.25. The molecule has 5 nitrogen and oxygen atoms in total. The summed E-state index contributed by atoms with van der Waals surface area (Å²) in [7, 11) is 1.86. The summed E-state index contributed by atoms with van der Waals surface area (Å²) >= 11 is 0. The van der Waals surface area contributed by atoms with Gasteiger partial charge in [-0.3, -0.25) is 4.99 Å². The van der Waals surface area contributed by atoms with Crippen molar-refractivity contribution in [3.63, 3.8) is 0 Å². The fourth-order valence-electron chi connectivity index (χ4n) is 3.77. The quantitative estimate of drug-likeness (QED) is 0.343. The number of imidazole rings is 1. The Balaban J connectivity index is 0.00000225. The molecule has 0 amide bonds. The number of benzene rings is 2. The molecule has 1 aliphatic rings. The maximum atomic E-state index is 4.52. The van der Waals surface area contributed by atoms with Gasteiger partial charge < -0.3 is 14.8 Å². The summed E-state index contributed by atoms with van der Waals surface area (Å²) in [6.45, 7) is 2.77. The number of guanidine groups is 1. The second-order valence-corrected chi connectivity index (χ2v) is 6.84. The van der Waals surface area contributed by atoms with Crippen molar-refractivity contribution in [1.29, 1.82) is 0 Å². The first-order valence-corrected chi connectivity index (χ1v) is 9.42. The lowest BCUT2D eigenvalue weighted by Gasteiger charge is -2.22. The molecule has 1 unspecified atom stereocenters. The Kier molecular flexibility index (Phi) is 7.08. The predicted molar refractivity (Wildman–Crippen MR) is 125 cm³/mol. The Morgan fingerprint density at radius 2 is 1.93 bits per heavy atom. The van der Waals surface area contributed by atoms with Crippen LogP contribution in [0, 0.1) is 0 Å². The van der Waals surface area contributed by atoms with Gasteiger partial charge in [0.05, 0.1) is 12.0 Å². The first-order valence-electron chi connectivity index (χ1n) is 9.42. The van der Waals surface area contributed by atoms with Crippen LogP contribution >= 0.6 is 24.0 Å². The monoisotopic (exact) mass is 487 g/mol. The zero-order valence-corrected chi connectivity index (χ0v) is 18.4. The number of hydrogen-bond donors (Lipinski definition) is 1. The van der Waals surface area contributed by atoms with Gasteiger partial charge in [-0.05, 0) is 23.6 Å². The Morgan fingerprint density at radius 3 is 2.68 bits per heavy atom. The van der Waals surface area contributed by atoms with Gasteiger partial charge in [0.25, 0.3) is 0 Å². The summed E-state index contributed by atoms with van der Waals surface area (Å²) in [5, 5.41) is 3.54. The predicted octanol–water partition coefficient (Wildman–Crippen LogP) is 4.06. The van der Waals surface area contributed by atoms with Gasteiger partial charge in [-0.2, -0.15) is 0 Å². The third kappa shape index (κ3) is 4.55. The number of hydrogen-bond acceptors (Lipinski definition) is 2. The van der Waals surface area contributed by atoms with E-state index in [1.54, 1.807) is 6.20 Å². The number of likely N-dealkylation sites (tertiary alicyclic amines) is 1. The minimum atomic E-state index is 0. The summed E-state index contributed by atoms with van der Waals surface area (Å²) in [6.07, 6.45) is 6.77. The third-order valence-corrected chi connectivity index (χ3v) is 5.18. The van der Waals surface area contributed by atoms with Crippen molar-refractivity contribution < 1.29 is 0 Å². The van der Waals surface area contributed by atoms with E-state index in [9.17, 15) is 0 Å². The zero-order valence-electron chi connectivity index (χ0n) is 16.0. The maximum absolute atomic E-state index is 4.52. The molecule has 6 heteroatoms. The molecule has 0 spiro atoms.